The van der Waals surface area contributed by atoms with Crippen LogP contribution >= 0.6 is 39.9 Å². The first-order valence-electron chi connectivity index (χ1n) is 7.02. The molecule has 0 heterocycles. The number of hydrogen-bond acceptors (Lipinski definition) is 3. The molecule has 2 rings (SSSR count). The van der Waals surface area contributed by atoms with Gasteiger partial charge in [-0.1, -0.05) is 18.2 Å². The van der Waals surface area contributed by atoms with E-state index in [1.807, 2.05) is 6.07 Å². The van der Waals surface area contributed by atoms with Crippen molar-refractivity contribution in [2.24, 2.45) is 10.7 Å². The summed E-state index contributed by atoms with van der Waals surface area (Å²) in [5, 5.41) is 2.61. The van der Waals surface area contributed by atoms with Crippen molar-refractivity contribution in [2.75, 3.05) is 12.4 Å². The van der Waals surface area contributed by atoms with Crippen molar-refractivity contribution >= 4 is 51.6 Å². The van der Waals surface area contributed by atoms with E-state index in [2.05, 4.69) is 31.0 Å². The number of benzene rings is 2. The maximum Gasteiger partial charge on any atom is 0.573 e. The van der Waals surface area contributed by atoms with Crippen LogP contribution in [0.2, 0.25) is 0 Å². The molecule has 0 unspecified atom stereocenters. The lowest BCUT2D eigenvalue weighted by Crippen LogP contribution is -2.24. The summed E-state index contributed by atoms with van der Waals surface area (Å²) < 4.78 is 47.0. The molecule has 10 heteroatoms. The molecule has 0 spiro atoms. The van der Waals surface area contributed by atoms with Crippen LogP contribution in [0.15, 0.2) is 51.9 Å². The molecule has 0 aliphatic rings. The summed E-state index contributed by atoms with van der Waals surface area (Å²) >= 11 is 3.36. The Labute approximate surface area is 173 Å². The first kappa shape index (κ1) is 22.4. The third-order valence-electron chi connectivity index (χ3n) is 3.02. The topological polar surface area (TPSA) is 68.9 Å². The first-order valence-corrected chi connectivity index (χ1v) is 7.82. The molecule has 0 atom stereocenters. The molecule has 5 nitrogen and oxygen atoms in total. The van der Waals surface area contributed by atoms with Crippen molar-refractivity contribution in [1.29, 1.82) is 0 Å². The number of para-hydroxylation sites is 2. The largest absolute Gasteiger partial charge is 0.573 e. The van der Waals surface area contributed by atoms with Gasteiger partial charge in [0.25, 0.3) is 0 Å². The van der Waals surface area contributed by atoms with E-state index in [1.54, 1.807) is 25.3 Å². The van der Waals surface area contributed by atoms with Crippen LogP contribution in [0, 0.1) is 0 Å². The van der Waals surface area contributed by atoms with Crippen LogP contribution in [0.25, 0.3) is 0 Å². The lowest BCUT2D eigenvalue weighted by atomic mass is 10.2. The zero-order chi connectivity index (χ0) is 18.4. The smallest absolute Gasteiger partial charge is 0.496 e. The van der Waals surface area contributed by atoms with Gasteiger partial charge in [-0.3, -0.25) is 0 Å². The molecular formula is C16H16BrF3IN3O2. The minimum Gasteiger partial charge on any atom is -0.496 e. The highest BCUT2D eigenvalue weighted by atomic mass is 127. The Bertz CT molecular complexity index is 773. The summed E-state index contributed by atoms with van der Waals surface area (Å²) in [6.45, 7) is 0.240. The van der Waals surface area contributed by atoms with Crippen LogP contribution in [0.4, 0.5) is 18.9 Å². The van der Waals surface area contributed by atoms with Gasteiger partial charge in [0.05, 0.1) is 23.8 Å². The van der Waals surface area contributed by atoms with E-state index < -0.39 is 6.36 Å². The predicted octanol–water partition coefficient (Wildman–Crippen LogP) is 4.90. The van der Waals surface area contributed by atoms with Crippen LogP contribution in [-0.2, 0) is 6.54 Å². The molecule has 0 aliphatic carbocycles. The highest BCUT2D eigenvalue weighted by Gasteiger charge is 2.32. The Morgan fingerprint density at radius 2 is 1.88 bits per heavy atom. The zero-order valence-electron chi connectivity index (χ0n) is 13.5. The molecule has 0 aliphatic heterocycles. The van der Waals surface area contributed by atoms with Crippen LogP contribution in [0.1, 0.15) is 5.56 Å². The van der Waals surface area contributed by atoms with Crippen LogP contribution in [0.3, 0.4) is 0 Å². The summed E-state index contributed by atoms with van der Waals surface area (Å²) in [7, 11) is 1.56. The standard InChI is InChI=1S/C16H15BrF3N3O2.HI/c1-24-13-7-6-10(8-11(13)17)9-22-15(21)23-12-4-2-3-5-14(12)25-16(18,19)20;/h2-8H,9H2,1H3,(H3,21,22,23);1H. The second kappa shape index (κ2) is 9.86. The van der Waals surface area contributed by atoms with Crippen molar-refractivity contribution in [3.63, 3.8) is 0 Å². The van der Waals surface area contributed by atoms with Crippen molar-refractivity contribution < 1.29 is 22.6 Å². The van der Waals surface area contributed by atoms with Crippen LogP contribution < -0.4 is 20.5 Å². The zero-order valence-corrected chi connectivity index (χ0v) is 17.4. The molecule has 0 aromatic heterocycles. The highest BCUT2D eigenvalue weighted by Crippen LogP contribution is 2.30. The molecule has 0 amide bonds. The van der Waals surface area contributed by atoms with E-state index in [1.165, 1.54) is 18.2 Å². The van der Waals surface area contributed by atoms with Crippen LogP contribution in [-0.4, -0.2) is 19.4 Å². The maximum atomic E-state index is 12.4. The molecule has 2 aromatic carbocycles. The number of hydrogen-bond donors (Lipinski definition) is 2. The number of guanidine groups is 1. The number of methoxy groups -OCH3 is 1. The van der Waals surface area contributed by atoms with Crippen LogP contribution in [0.5, 0.6) is 11.5 Å². The first-order chi connectivity index (χ1) is 11.8. The summed E-state index contributed by atoms with van der Waals surface area (Å²) in [5.41, 5.74) is 6.66. The third-order valence-corrected chi connectivity index (χ3v) is 3.64. The molecule has 0 fully saturated rings. The number of aliphatic imine (C=N–C) groups is 1. The second-order valence-corrected chi connectivity index (χ2v) is 5.69. The lowest BCUT2D eigenvalue weighted by molar-refractivity contribution is -0.274. The lowest BCUT2D eigenvalue weighted by Gasteiger charge is -2.14. The third kappa shape index (κ3) is 6.90. The molecule has 2 aromatic rings. The van der Waals surface area contributed by atoms with Gasteiger partial charge in [-0.05, 0) is 45.8 Å². The van der Waals surface area contributed by atoms with E-state index in [9.17, 15) is 13.2 Å². The number of rotatable bonds is 5. The predicted molar refractivity (Wildman–Crippen MR) is 108 cm³/mol. The van der Waals surface area contributed by atoms with Gasteiger partial charge in [0.1, 0.15) is 5.75 Å². The van der Waals surface area contributed by atoms with Gasteiger partial charge >= 0.3 is 6.36 Å². The van der Waals surface area contributed by atoms with E-state index in [-0.39, 0.29) is 47.9 Å². The van der Waals surface area contributed by atoms with E-state index in [0.29, 0.717) is 5.75 Å². The Hall–Kier alpha value is -1.69. The summed E-state index contributed by atoms with van der Waals surface area (Å²) in [4.78, 5) is 4.11. The normalized spacial score (nSPS) is 11.5. The van der Waals surface area contributed by atoms with Crippen molar-refractivity contribution in [3.8, 4) is 11.5 Å². The molecule has 142 valence electrons. The molecule has 26 heavy (non-hydrogen) atoms. The fourth-order valence-corrected chi connectivity index (χ4v) is 2.53. The second-order valence-electron chi connectivity index (χ2n) is 4.84. The molecule has 3 N–H and O–H groups in total. The number of nitrogens with zero attached hydrogens (tertiary/aromatic N) is 1. The van der Waals surface area contributed by atoms with Gasteiger partial charge in [0.15, 0.2) is 11.7 Å². The minimum absolute atomic E-state index is 0. The van der Waals surface area contributed by atoms with Gasteiger partial charge in [-0.2, -0.15) is 0 Å². The Morgan fingerprint density at radius 3 is 2.50 bits per heavy atom. The Morgan fingerprint density at radius 1 is 1.19 bits per heavy atom. The van der Waals surface area contributed by atoms with Gasteiger partial charge in [0, 0.05) is 0 Å². The average molecular weight is 546 g/mol. The van der Waals surface area contributed by atoms with Gasteiger partial charge in [0.2, 0.25) is 0 Å². The quantitative estimate of drug-likeness (QED) is 0.318. The van der Waals surface area contributed by atoms with E-state index >= 15 is 0 Å². The van der Waals surface area contributed by atoms with Gasteiger partial charge in [-0.15, -0.1) is 37.1 Å². The number of alkyl halides is 3. The Kier molecular flexibility index (Phi) is 8.47. The van der Waals surface area contributed by atoms with E-state index in [0.717, 1.165) is 10.0 Å². The maximum absolute atomic E-state index is 12.4. The van der Waals surface area contributed by atoms with Crippen molar-refractivity contribution in [2.45, 2.75) is 12.9 Å². The molecule has 0 bridgehead atoms. The fourth-order valence-electron chi connectivity index (χ4n) is 1.95. The van der Waals surface area contributed by atoms with Gasteiger partial charge < -0.3 is 20.5 Å². The number of anilines is 1. The molecule has 0 saturated heterocycles. The summed E-state index contributed by atoms with van der Waals surface area (Å²) in [6.07, 6.45) is -4.79. The number of nitrogens with one attached hydrogen (secondary N) is 1. The summed E-state index contributed by atoms with van der Waals surface area (Å²) in [6, 6.07) is 11.0. The molecular weight excluding hydrogens is 530 g/mol. The monoisotopic (exact) mass is 545 g/mol. The fraction of sp³-hybridized carbons (Fsp3) is 0.188. The summed E-state index contributed by atoms with van der Waals surface area (Å²) in [5.74, 6) is 0.252. The average Bonchev–Trinajstić information content (AvgIpc) is 2.53. The van der Waals surface area contributed by atoms with Crippen molar-refractivity contribution in [1.82, 2.24) is 0 Å². The highest BCUT2D eigenvalue weighted by molar-refractivity contribution is 14.0. The SMILES string of the molecule is COc1ccc(CN=C(N)Nc2ccccc2OC(F)(F)F)cc1Br.I. The number of halogens is 5. The number of ether oxygens (including phenoxy) is 2. The van der Waals surface area contributed by atoms with Gasteiger partial charge in [-0.25, -0.2) is 4.99 Å². The van der Waals surface area contributed by atoms with Crippen molar-refractivity contribution in [3.05, 3.63) is 52.5 Å². The molecule has 0 radical (unpaired) electrons. The number of nitrogens with two attached hydrogens (primary N) is 1. The molecule has 0 saturated carbocycles. The Balaban J connectivity index is 0.00000338. The van der Waals surface area contributed by atoms with E-state index in [4.69, 9.17) is 10.5 Å². The minimum atomic E-state index is -4.79.